The molecule has 1 heterocycles. The van der Waals surface area contributed by atoms with Gasteiger partial charge < -0.3 is 5.32 Å². The minimum absolute atomic E-state index is 0.0569. The highest BCUT2D eigenvalue weighted by Crippen LogP contribution is 2.09. The number of rotatable bonds is 1. The molecule has 1 aromatic rings. The van der Waals surface area contributed by atoms with Gasteiger partial charge in [0.05, 0.1) is 6.20 Å². The van der Waals surface area contributed by atoms with Crippen LogP contribution in [0.25, 0.3) is 0 Å². The van der Waals surface area contributed by atoms with E-state index in [0.717, 1.165) is 12.3 Å². The van der Waals surface area contributed by atoms with Gasteiger partial charge in [0, 0.05) is 13.1 Å². The van der Waals surface area contributed by atoms with E-state index >= 15 is 0 Å². The quantitative estimate of drug-likeness (QED) is 0.707. The molecule has 0 bridgehead atoms. The molecule has 1 N–H and O–H groups in total. The lowest BCUT2D eigenvalue weighted by molar-refractivity contribution is 0.576. The van der Waals surface area contributed by atoms with Crippen LogP contribution in [0.3, 0.4) is 0 Å². The fraction of sp³-hybridized carbons (Fsp3) is 0.375. The Morgan fingerprint density at radius 2 is 1.92 bits per heavy atom. The Morgan fingerprint density at radius 1 is 1.33 bits per heavy atom. The molecule has 0 saturated heterocycles. The number of hydrogen-bond donors (Lipinski definition) is 1. The molecule has 0 fully saturated rings. The molecule has 0 amide bonds. The Hall–Kier alpha value is -1.19. The van der Waals surface area contributed by atoms with Crippen LogP contribution in [0.2, 0.25) is 0 Å². The zero-order valence-corrected chi connectivity index (χ0v) is 7.36. The number of halogens is 2. The van der Waals surface area contributed by atoms with Gasteiger partial charge in [0.25, 0.3) is 0 Å². The van der Waals surface area contributed by atoms with Crippen molar-refractivity contribution < 1.29 is 8.78 Å². The monoisotopic (exact) mass is 174 g/mol. The van der Waals surface area contributed by atoms with E-state index < -0.39 is 11.6 Å². The summed E-state index contributed by atoms with van der Waals surface area (Å²) in [5, 5.41) is 2.47. The zero-order valence-electron chi connectivity index (χ0n) is 7.36. The Morgan fingerprint density at radius 3 is 2.33 bits per heavy atom. The third kappa shape index (κ3) is 2.82. The minimum atomic E-state index is -0.678. The maximum absolute atomic E-state index is 12.5. The predicted octanol–water partition coefficient (Wildman–Crippen LogP) is 2.43. The molecule has 0 unspecified atom stereocenters. The van der Waals surface area contributed by atoms with Gasteiger partial charge in [-0.3, -0.25) is 0 Å². The second-order valence-electron chi connectivity index (χ2n) is 1.73. The average Bonchev–Trinajstić information content (AvgIpc) is 2.08. The standard InChI is InChI=1S/C6H6F2N2.C2H6/c1-9-6-5(8)2-4(7)3-10-6;1-2/h2-3H,1H3,(H,9,10);1-2H3. The Kier molecular flexibility index (Phi) is 4.92. The van der Waals surface area contributed by atoms with Gasteiger partial charge in [-0.2, -0.15) is 0 Å². The molecular weight excluding hydrogens is 162 g/mol. The van der Waals surface area contributed by atoms with Gasteiger partial charge in [0.15, 0.2) is 11.6 Å². The molecule has 12 heavy (non-hydrogen) atoms. The van der Waals surface area contributed by atoms with Crippen molar-refractivity contribution in [2.45, 2.75) is 13.8 Å². The highest BCUT2D eigenvalue weighted by molar-refractivity contribution is 5.34. The molecule has 0 atom stereocenters. The van der Waals surface area contributed by atoms with Gasteiger partial charge in [-0.1, -0.05) is 13.8 Å². The molecule has 4 heteroatoms. The summed E-state index contributed by atoms with van der Waals surface area (Å²) < 4.78 is 24.6. The smallest absolute Gasteiger partial charge is 0.168 e. The fourth-order valence-corrected chi connectivity index (χ4v) is 0.599. The first-order chi connectivity index (χ1) is 5.74. The molecule has 0 spiro atoms. The maximum Gasteiger partial charge on any atom is 0.168 e. The summed E-state index contributed by atoms with van der Waals surface area (Å²) in [6.45, 7) is 4.00. The fourth-order valence-electron chi connectivity index (χ4n) is 0.599. The van der Waals surface area contributed by atoms with E-state index in [1.54, 1.807) is 0 Å². The predicted molar refractivity (Wildman–Crippen MR) is 45.0 cm³/mol. The Balaban J connectivity index is 0.000000561. The molecule has 2 nitrogen and oxygen atoms in total. The highest BCUT2D eigenvalue weighted by Gasteiger charge is 2.00. The maximum atomic E-state index is 12.5. The second-order valence-corrected chi connectivity index (χ2v) is 1.73. The van der Waals surface area contributed by atoms with Gasteiger partial charge in [-0.15, -0.1) is 0 Å². The average molecular weight is 174 g/mol. The molecule has 1 aromatic heterocycles. The minimum Gasteiger partial charge on any atom is -0.371 e. The zero-order chi connectivity index (χ0) is 9.56. The van der Waals surface area contributed by atoms with Crippen LogP contribution in [0.5, 0.6) is 0 Å². The topological polar surface area (TPSA) is 24.9 Å². The van der Waals surface area contributed by atoms with Crippen molar-refractivity contribution in [1.29, 1.82) is 0 Å². The normalized spacial score (nSPS) is 8.42. The van der Waals surface area contributed by atoms with E-state index in [4.69, 9.17) is 0 Å². The summed E-state index contributed by atoms with van der Waals surface area (Å²) in [5.41, 5.74) is 0. The van der Waals surface area contributed by atoms with Gasteiger partial charge >= 0.3 is 0 Å². The number of aromatic nitrogens is 1. The van der Waals surface area contributed by atoms with Crippen molar-refractivity contribution in [3.8, 4) is 0 Å². The van der Waals surface area contributed by atoms with Crippen molar-refractivity contribution in [1.82, 2.24) is 4.98 Å². The first-order valence-electron chi connectivity index (χ1n) is 3.73. The summed E-state index contributed by atoms with van der Waals surface area (Å²) in [6.07, 6.45) is 0.953. The number of anilines is 1. The molecule has 0 aliphatic carbocycles. The summed E-state index contributed by atoms with van der Waals surface area (Å²) in [5.74, 6) is -1.29. The van der Waals surface area contributed by atoms with Crippen LogP contribution >= 0.6 is 0 Å². The molecule has 0 saturated carbocycles. The highest BCUT2D eigenvalue weighted by atomic mass is 19.1. The van der Waals surface area contributed by atoms with Gasteiger partial charge in [-0.05, 0) is 0 Å². The Labute approximate surface area is 70.6 Å². The van der Waals surface area contributed by atoms with Crippen LogP contribution in [0.4, 0.5) is 14.6 Å². The summed E-state index contributed by atoms with van der Waals surface area (Å²) >= 11 is 0. The van der Waals surface area contributed by atoms with Crippen molar-refractivity contribution in [3.63, 3.8) is 0 Å². The lowest BCUT2D eigenvalue weighted by Crippen LogP contribution is -1.96. The van der Waals surface area contributed by atoms with Crippen LogP contribution in [0.15, 0.2) is 12.3 Å². The lowest BCUT2D eigenvalue weighted by Gasteiger charge is -1.98. The number of nitrogens with one attached hydrogen (secondary N) is 1. The third-order valence-corrected chi connectivity index (χ3v) is 1.04. The molecule has 0 aliphatic heterocycles. The van der Waals surface area contributed by atoms with Gasteiger partial charge in [0.1, 0.15) is 5.82 Å². The summed E-state index contributed by atoms with van der Waals surface area (Å²) in [6, 6.07) is 0.777. The van der Waals surface area contributed by atoms with Crippen molar-refractivity contribution in [2.24, 2.45) is 0 Å². The van der Waals surface area contributed by atoms with Crippen molar-refractivity contribution >= 4 is 5.82 Å². The first-order valence-corrected chi connectivity index (χ1v) is 3.73. The van der Waals surface area contributed by atoms with Crippen molar-refractivity contribution in [3.05, 3.63) is 23.9 Å². The van der Waals surface area contributed by atoms with Gasteiger partial charge in [0.2, 0.25) is 0 Å². The van der Waals surface area contributed by atoms with Crippen LogP contribution in [0.1, 0.15) is 13.8 Å². The third-order valence-electron chi connectivity index (χ3n) is 1.04. The Bertz CT molecular complexity index is 238. The van der Waals surface area contributed by atoms with Crippen LogP contribution < -0.4 is 5.32 Å². The first kappa shape index (κ1) is 10.8. The van der Waals surface area contributed by atoms with E-state index in [1.807, 2.05) is 13.8 Å². The van der Waals surface area contributed by atoms with E-state index in [2.05, 4.69) is 10.3 Å². The number of hydrogen-bond acceptors (Lipinski definition) is 2. The number of nitrogens with zero attached hydrogens (tertiary/aromatic N) is 1. The molecule has 0 aromatic carbocycles. The van der Waals surface area contributed by atoms with Crippen LogP contribution in [-0.4, -0.2) is 12.0 Å². The molecular formula is C8H12F2N2. The second kappa shape index (κ2) is 5.46. The number of pyridine rings is 1. The van der Waals surface area contributed by atoms with E-state index in [1.165, 1.54) is 7.05 Å². The largest absolute Gasteiger partial charge is 0.371 e. The molecule has 0 radical (unpaired) electrons. The van der Waals surface area contributed by atoms with Crippen LogP contribution in [-0.2, 0) is 0 Å². The van der Waals surface area contributed by atoms with Gasteiger partial charge in [-0.25, -0.2) is 13.8 Å². The van der Waals surface area contributed by atoms with E-state index in [-0.39, 0.29) is 5.82 Å². The molecule has 1 rings (SSSR count). The summed E-state index contributed by atoms with van der Waals surface area (Å²) in [4.78, 5) is 3.44. The van der Waals surface area contributed by atoms with Crippen molar-refractivity contribution in [2.75, 3.05) is 12.4 Å². The van der Waals surface area contributed by atoms with E-state index in [0.29, 0.717) is 0 Å². The van der Waals surface area contributed by atoms with E-state index in [9.17, 15) is 8.78 Å². The lowest BCUT2D eigenvalue weighted by atomic mass is 10.4. The SMILES string of the molecule is CC.CNc1ncc(F)cc1F. The molecule has 68 valence electrons. The summed E-state index contributed by atoms with van der Waals surface area (Å²) in [7, 11) is 1.52. The van der Waals surface area contributed by atoms with Crippen LogP contribution in [0, 0.1) is 11.6 Å². The molecule has 0 aliphatic rings.